The molecule has 0 bridgehead atoms. The van der Waals surface area contributed by atoms with E-state index in [9.17, 15) is 0 Å². The molecule has 1 aliphatic rings. The normalized spacial score (nSPS) is 17.0. The Kier molecular flexibility index (Phi) is 4.35. The van der Waals surface area contributed by atoms with Crippen LogP contribution in [0.4, 0.5) is 0 Å². The van der Waals surface area contributed by atoms with E-state index < -0.39 is 0 Å². The second-order valence-corrected chi connectivity index (χ2v) is 8.39. The van der Waals surface area contributed by atoms with Crippen molar-refractivity contribution in [3.05, 3.63) is 62.7 Å². The Balaban J connectivity index is 2.40. The fourth-order valence-electron chi connectivity index (χ4n) is 4.14. The molecule has 0 nitrogen and oxygen atoms in total. The van der Waals surface area contributed by atoms with Crippen molar-refractivity contribution in [2.75, 3.05) is 0 Å². The van der Waals surface area contributed by atoms with Gasteiger partial charge >= 0.3 is 0 Å². The molecule has 0 aliphatic carbocycles. The Morgan fingerprint density at radius 2 is 1.52 bits per heavy atom. The van der Waals surface area contributed by atoms with Crippen LogP contribution in [0.1, 0.15) is 64.3 Å². The van der Waals surface area contributed by atoms with E-state index in [2.05, 4.69) is 66.7 Å². The van der Waals surface area contributed by atoms with Crippen LogP contribution in [-0.2, 0) is 5.75 Å². The number of rotatable bonds is 1. The van der Waals surface area contributed by atoms with Crippen LogP contribution in [0.3, 0.4) is 0 Å². The molecule has 0 fully saturated rings. The summed E-state index contributed by atoms with van der Waals surface area (Å²) in [6.07, 6.45) is 0. The molecule has 1 atom stereocenters. The quantitative estimate of drug-likeness (QED) is 0.568. The van der Waals surface area contributed by atoms with E-state index in [1.54, 1.807) is 16.0 Å². The van der Waals surface area contributed by atoms with Gasteiger partial charge in [0.15, 0.2) is 0 Å². The number of hydrogen-bond donors (Lipinski definition) is 0. The molecule has 122 valence electrons. The van der Waals surface area contributed by atoms with Crippen LogP contribution in [0, 0.1) is 40.5 Å². The number of hydrogen-bond acceptors (Lipinski definition) is 1. The lowest BCUT2D eigenvalue weighted by atomic mass is 9.75. The first-order valence-electron chi connectivity index (χ1n) is 8.66. The lowest BCUT2D eigenvalue weighted by molar-refractivity contribution is 0.550. The summed E-state index contributed by atoms with van der Waals surface area (Å²) >= 11 is 2.05. The Hall–Kier alpha value is -1.21. The summed E-state index contributed by atoms with van der Waals surface area (Å²) in [6.45, 7) is 16.3. The first-order valence-corrected chi connectivity index (χ1v) is 9.64. The average molecular weight is 325 g/mol. The van der Waals surface area contributed by atoms with Gasteiger partial charge in [-0.15, -0.1) is 11.8 Å². The van der Waals surface area contributed by atoms with Gasteiger partial charge in [-0.05, 0) is 85.0 Å². The summed E-state index contributed by atoms with van der Waals surface area (Å²) in [5, 5.41) is 0. The Bertz CT molecular complexity index is 768. The molecule has 0 amide bonds. The minimum atomic E-state index is 0.509. The van der Waals surface area contributed by atoms with Crippen LogP contribution in [0.25, 0.3) is 0 Å². The molecule has 0 aromatic heterocycles. The zero-order valence-electron chi connectivity index (χ0n) is 15.5. The summed E-state index contributed by atoms with van der Waals surface area (Å²) < 4.78 is 0. The zero-order valence-corrected chi connectivity index (χ0v) is 16.3. The predicted molar refractivity (Wildman–Crippen MR) is 103 cm³/mol. The third kappa shape index (κ3) is 2.54. The second-order valence-electron chi connectivity index (χ2n) is 7.40. The molecule has 1 unspecified atom stereocenters. The third-order valence-electron chi connectivity index (χ3n) is 5.75. The van der Waals surface area contributed by atoms with Crippen molar-refractivity contribution < 1.29 is 0 Å². The molecule has 2 aromatic carbocycles. The summed E-state index contributed by atoms with van der Waals surface area (Å²) in [7, 11) is 0. The van der Waals surface area contributed by atoms with Crippen molar-refractivity contribution >= 4 is 11.8 Å². The van der Waals surface area contributed by atoms with Crippen LogP contribution < -0.4 is 0 Å². The van der Waals surface area contributed by atoms with Gasteiger partial charge < -0.3 is 0 Å². The van der Waals surface area contributed by atoms with Gasteiger partial charge in [0.25, 0.3) is 0 Å². The molecule has 2 aromatic rings. The summed E-state index contributed by atoms with van der Waals surface area (Å²) in [4.78, 5) is 1.54. The van der Waals surface area contributed by atoms with Crippen LogP contribution in [-0.4, -0.2) is 0 Å². The summed E-state index contributed by atoms with van der Waals surface area (Å²) in [6, 6.07) is 6.84. The van der Waals surface area contributed by atoms with E-state index >= 15 is 0 Å². The predicted octanol–water partition coefficient (Wildman–Crippen LogP) is 6.62. The highest BCUT2D eigenvalue weighted by Crippen LogP contribution is 2.48. The van der Waals surface area contributed by atoms with Crippen LogP contribution in [0.15, 0.2) is 23.1 Å². The van der Waals surface area contributed by atoms with Crippen LogP contribution in [0.2, 0.25) is 0 Å². The number of aryl methyl sites for hydroxylation is 1. The van der Waals surface area contributed by atoms with Gasteiger partial charge in [-0.3, -0.25) is 0 Å². The molecule has 0 radical (unpaired) electrons. The number of benzene rings is 2. The highest BCUT2D eigenvalue weighted by molar-refractivity contribution is 7.98. The van der Waals surface area contributed by atoms with E-state index in [0.29, 0.717) is 11.8 Å². The van der Waals surface area contributed by atoms with Gasteiger partial charge in [-0.25, -0.2) is 0 Å². The van der Waals surface area contributed by atoms with E-state index in [4.69, 9.17) is 0 Å². The fraction of sp³-hybridized carbons (Fsp3) is 0.455. The molecule has 0 spiro atoms. The van der Waals surface area contributed by atoms with Gasteiger partial charge in [0.1, 0.15) is 0 Å². The largest absolute Gasteiger partial charge is 0.121 e. The Morgan fingerprint density at radius 3 is 2.17 bits per heavy atom. The molecule has 0 saturated carbocycles. The first kappa shape index (κ1) is 16.6. The van der Waals surface area contributed by atoms with Crippen LogP contribution >= 0.6 is 11.8 Å². The maximum absolute atomic E-state index is 2.38. The Labute approximate surface area is 145 Å². The van der Waals surface area contributed by atoms with Gasteiger partial charge in [-0.1, -0.05) is 32.0 Å². The van der Waals surface area contributed by atoms with Crippen molar-refractivity contribution in [2.45, 2.75) is 65.0 Å². The summed E-state index contributed by atoms with van der Waals surface area (Å²) in [5.74, 6) is 2.21. The molecule has 1 aliphatic heterocycles. The van der Waals surface area contributed by atoms with Crippen molar-refractivity contribution in [1.82, 2.24) is 0 Å². The number of fused-ring (bicyclic) bond motifs is 2. The maximum atomic E-state index is 2.38. The molecular weight excluding hydrogens is 296 g/mol. The second kappa shape index (κ2) is 6.02. The highest BCUT2D eigenvalue weighted by Gasteiger charge is 2.31. The van der Waals surface area contributed by atoms with E-state index in [1.165, 1.54) is 33.4 Å². The van der Waals surface area contributed by atoms with E-state index in [0.717, 1.165) is 5.75 Å². The highest BCUT2D eigenvalue weighted by atomic mass is 32.2. The molecule has 0 saturated heterocycles. The minimum absolute atomic E-state index is 0.509. The molecule has 3 rings (SSSR count). The van der Waals surface area contributed by atoms with Crippen molar-refractivity contribution in [3.63, 3.8) is 0 Å². The van der Waals surface area contributed by atoms with Gasteiger partial charge in [0, 0.05) is 16.6 Å². The van der Waals surface area contributed by atoms with Gasteiger partial charge in [0.05, 0.1) is 0 Å². The van der Waals surface area contributed by atoms with Gasteiger partial charge in [0.2, 0.25) is 0 Å². The zero-order chi connectivity index (χ0) is 16.9. The standard InChI is InChI=1S/C22H28S/c1-12(2)19-20-13(3)9-8-10-18(20)11-23-22-17(7)15(5)14(4)16(6)21(19)22/h8-10,12,19H,11H2,1-7H3. The van der Waals surface area contributed by atoms with Crippen molar-refractivity contribution in [1.29, 1.82) is 0 Å². The molecule has 1 heteroatoms. The smallest absolute Gasteiger partial charge is 0.0235 e. The van der Waals surface area contributed by atoms with E-state index in [1.807, 2.05) is 11.8 Å². The topological polar surface area (TPSA) is 0 Å². The Morgan fingerprint density at radius 1 is 0.870 bits per heavy atom. The fourth-order valence-corrected chi connectivity index (χ4v) is 5.50. The first-order chi connectivity index (χ1) is 10.8. The number of thioether (sulfide) groups is 1. The SMILES string of the molecule is Cc1cccc2c1C(C(C)C)c1c(C)c(C)c(C)c(C)c1SC2. The monoisotopic (exact) mass is 324 g/mol. The lowest BCUT2D eigenvalue weighted by Gasteiger charge is -2.29. The van der Waals surface area contributed by atoms with E-state index in [-0.39, 0.29) is 0 Å². The summed E-state index contributed by atoms with van der Waals surface area (Å²) in [5.41, 5.74) is 12.1. The molecule has 23 heavy (non-hydrogen) atoms. The third-order valence-corrected chi connectivity index (χ3v) is 7.02. The lowest BCUT2D eigenvalue weighted by Crippen LogP contribution is -2.15. The van der Waals surface area contributed by atoms with Crippen molar-refractivity contribution in [2.24, 2.45) is 5.92 Å². The molecular formula is C22H28S. The van der Waals surface area contributed by atoms with Crippen LogP contribution in [0.5, 0.6) is 0 Å². The van der Waals surface area contributed by atoms with Gasteiger partial charge in [-0.2, -0.15) is 0 Å². The minimum Gasteiger partial charge on any atom is -0.121 e. The van der Waals surface area contributed by atoms with Crippen molar-refractivity contribution in [3.8, 4) is 0 Å². The average Bonchev–Trinajstić information content (AvgIpc) is 2.69. The molecule has 0 N–H and O–H groups in total. The maximum Gasteiger partial charge on any atom is 0.0235 e. The molecule has 1 heterocycles.